The number of carbonyl (C=O) groups excluding carboxylic acids is 2. The second kappa shape index (κ2) is 14.6. The van der Waals surface area contributed by atoms with E-state index in [0.717, 1.165) is 48.5 Å². The molecule has 4 rings (SSSR count). The highest BCUT2D eigenvalue weighted by molar-refractivity contribution is 7.10. The number of alkyl halides is 6. The Bertz CT molecular complexity index is 1520. The van der Waals surface area contributed by atoms with Crippen LogP contribution in [-0.2, 0) is 42.6 Å². The van der Waals surface area contributed by atoms with E-state index in [1.54, 1.807) is 48.9 Å². The monoisotopic (exact) mass is 716 g/mol. The fourth-order valence-corrected chi connectivity index (χ4v) is 6.38. The molecule has 4 N–H and O–H groups in total. The normalized spacial score (nSPS) is 15.8. The largest absolute Gasteiger partial charge is 0.482 e. The Balaban J connectivity index is 1.39. The van der Waals surface area contributed by atoms with Gasteiger partial charge in [-0.2, -0.15) is 26.3 Å². The number of rotatable bonds is 12. The predicted octanol–water partition coefficient (Wildman–Crippen LogP) is 7.57. The van der Waals surface area contributed by atoms with Gasteiger partial charge in [0.05, 0.1) is 11.1 Å². The average Bonchev–Trinajstić information content (AvgIpc) is 3.72. The van der Waals surface area contributed by atoms with Crippen molar-refractivity contribution in [3.05, 3.63) is 104 Å². The summed E-state index contributed by atoms with van der Waals surface area (Å²) in [5.74, 6) is -2.75. The third kappa shape index (κ3) is 9.49. The van der Waals surface area contributed by atoms with Gasteiger partial charge >= 0.3 is 24.3 Å². The van der Waals surface area contributed by atoms with Crippen molar-refractivity contribution in [1.29, 1.82) is 0 Å². The lowest BCUT2D eigenvalue weighted by atomic mass is 9.98. The summed E-state index contributed by atoms with van der Waals surface area (Å²) >= 11 is 2.54. The smallest absolute Gasteiger partial charge is 0.419 e. The molecular weight excluding hydrogens is 686 g/mol. The number of hydrogen-bond donors (Lipinski definition) is 2. The van der Waals surface area contributed by atoms with Crippen LogP contribution in [0.4, 0.5) is 26.3 Å². The molecule has 0 aliphatic carbocycles. The maximum Gasteiger partial charge on any atom is 0.419 e. The number of halogens is 6. The topological polar surface area (TPSA) is 123 Å². The average molecular weight is 717 g/mol. The van der Waals surface area contributed by atoms with Gasteiger partial charge in [-0.3, -0.25) is 11.5 Å². The van der Waals surface area contributed by atoms with Gasteiger partial charge in [-0.15, -0.1) is 22.7 Å². The van der Waals surface area contributed by atoms with Crippen molar-refractivity contribution in [3.63, 3.8) is 0 Å². The number of esters is 2. The van der Waals surface area contributed by atoms with E-state index in [1.807, 2.05) is 0 Å². The summed E-state index contributed by atoms with van der Waals surface area (Å²) in [6.07, 6.45) is -12.4. The molecule has 48 heavy (non-hydrogen) atoms. The Morgan fingerprint density at radius 1 is 0.625 bits per heavy atom. The molecule has 0 saturated heterocycles. The van der Waals surface area contributed by atoms with Gasteiger partial charge in [0.2, 0.25) is 0 Å². The molecule has 0 radical (unpaired) electrons. The predicted molar refractivity (Wildman–Crippen MR) is 165 cm³/mol. The molecule has 0 amide bonds. The minimum absolute atomic E-state index is 0.0927. The molecule has 2 aromatic carbocycles. The van der Waals surface area contributed by atoms with Crippen LogP contribution in [-0.4, -0.2) is 24.4 Å². The zero-order valence-electron chi connectivity index (χ0n) is 25.3. The van der Waals surface area contributed by atoms with E-state index in [-0.39, 0.29) is 24.3 Å². The summed E-state index contributed by atoms with van der Waals surface area (Å²) in [5.41, 5.74) is 7.83. The van der Waals surface area contributed by atoms with Gasteiger partial charge in [0.25, 0.3) is 0 Å². The second-order valence-electron chi connectivity index (χ2n) is 11.0. The van der Waals surface area contributed by atoms with E-state index in [0.29, 0.717) is 9.75 Å². The zero-order chi connectivity index (χ0) is 35.3. The lowest BCUT2D eigenvalue weighted by Gasteiger charge is -2.32. The van der Waals surface area contributed by atoms with Gasteiger partial charge in [-0.1, -0.05) is 12.1 Å². The van der Waals surface area contributed by atoms with Crippen LogP contribution in [0.15, 0.2) is 83.6 Å². The zero-order valence-corrected chi connectivity index (χ0v) is 27.0. The molecule has 0 aliphatic rings. The van der Waals surface area contributed by atoms with E-state index in [2.05, 4.69) is 0 Å². The molecule has 0 saturated carbocycles. The highest BCUT2D eigenvalue weighted by atomic mass is 32.1. The van der Waals surface area contributed by atoms with Gasteiger partial charge < -0.3 is 18.9 Å². The lowest BCUT2D eigenvalue weighted by molar-refractivity contribution is -0.176. The van der Waals surface area contributed by atoms with E-state index in [4.69, 9.17) is 30.4 Å². The highest BCUT2D eigenvalue weighted by Gasteiger charge is 2.38. The summed E-state index contributed by atoms with van der Waals surface area (Å²) < 4.78 is 100. The first-order chi connectivity index (χ1) is 22.4. The van der Waals surface area contributed by atoms with Crippen molar-refractivity contribution in [1.82, 2.24) is 0 Å². The third-order valence-corrected chi connectivity index (χ3v) is 9.23. The molecule has 8 nitrogen and oxygen atoms in total. The molecule has 0 aliphatic heterocycles. The van der Waals surface area contributed by atoms with Crippen LogP contribution in [0.3, 0.4) is 0 Å². The number of nitrogens with two attached hydrogens (primary N) is 2. The summed E-state index contributed by atoms with van der Waals surface area (Å²) in [4.78, 5) is 26.5. The summed E-state index contributed by atoms with van der Waals surface area (Å²) in [5, 5.41) is 3.48. The van der Waals surface area contributed by atoms with Gasteiger partial charge in [0.15, 0.2) is 12.5 Å². The molecule has 16 heteroatoms. The minimum Gasteiger partial charge on any atom is -0.482 e. The summed E-state index contributed by atoms with van der Waals surface area (Å²) in [7, 11) is 0. The molecule has 258 valence electrons. The van der Waals surface area contributed by atoms with Crippen LogP contribution >= 0.6 is 22.7 Å². The number of thiophene rings is 2. The molecule has 2 heterocycles. The van der Waals surface area contributed by atoms with Crippen molar-refractivity contribution in [2.75, 3.05) is 0 Å². The van der Waals surface area contributed by atoms with Gasteiger partial charge in [-0.25, -0.2) is 9.59 Å². The Kier molecular flexibility index (Phi) is 11.1. The summed E-state index contributed by atoms with van der Waals surface area (Å²) in [6.45, 7) is 3.20. The minimum atomic E-state index is -4.54. The first kappa shape index (κ1) is 36.7. The number of ether oxygens (including phenoxy) is 4. The number of hydrogen-bond acceptors (Lipinski definition) is 10. The van der Waals surface area contributed by atoms with E-state index >= 15 is 0 Å². The van der Waals surface area contributed by atoms with E-state index in [9.17, 15) is 35.9 Å². The second-order valence-corrected chi connectivity index (χ2v) is 12.9. The number of benzene rings is 2. The fraction of sp³-hybridized carbons (Fsp3) is 0.312. The highest BCUT2D eigenvalue weighted by Crippen LogP contribution is 2.38. The van der Waals surface area contributed by atoms with Gasteiger partial charge in [-0.05, 0) is 85.3 Å². The molecular formula is C32H30F6N2O6S2. The van der Waals surface area contributed by atoms with Crippen molar-refractivity contribution >= 4 is 34.6 Å². The maximum atomic E-state index is 13.0. The summed E-state index contributed by atoms with van der Waals surface area (Å²) in [6, 6.07) is 14.9. The quantitative estimate of drug-likeness (QED) is 0.0667. The van der Waals surface area contributed by atoms with Crippen LogP contribution < -0.4 is 20.9 Å². The Morgan fingerprint density at radius 2 is 0.958 bits per heavy atom. The Hall–Kier alpha value is -4.12. The molecule has 0 spiro atoms. The van der Waals surface area contributed by atoms with Crippen LogP contribution in [0.2, 0.25) is 0 Å². The first-order valence-corrected chi connectivity index (χ1v) is 15.9. The molecule has 4 aromatic rings. The van der Waals surface area contributed by atoms with Crippen LogP contribution in [0.5, 0.6) is 11.5 Å². The molecule has 0 bridgehead atoms. The standard InChI is InChI=1S/C32H30F6N2O6S2/c1-29(23-5-3-15-47-23,45-21-11-7-19(8-12-21)31(33,34)35)17-25(39)43-27(41)28(42)44-26(40)18-30(2,24-6-4-16-48-24)46-22-13-9-20(10-14-22)32(36,37)38/h3-16,25-26H,17-18,39-40H2,1-2H3. The molecule has 4 unspecified atom stereocenters. The van der Waals surface area contributed by atoms with Gasteiger partial charge in [0.1, 0.15) is 22.7 Å². The SMILES string of the molecule is CC(CC(N)OC(=O)C(=O)OC(N)CC(C)(Oc1ccc(C(F)(F)F)cc1)c1cccs1)(Oc1ccc(C(F)(F)F)cc1)c1cccs1. The van der Waals surface area contributed by atoms with Crippen molar-refractivity contribution in [3.8, 4) is 11.5 Å². The van der Waals surface area contributed by atoms with Crippen molar-refractivity contribution in [2.45, 2.75) is 62.7 Å². The fourth-order valence-electron chi connectivity index (χ4n) is 4.71. The Morgan fingerprint density at radius 3 is 1.23 bits per heavy atom. The maximum absolute atomic E-state index is 13.0. The van der Waals surface area contributed by atoms with E-state index < -0.39 is 59.1 Å². The van der Waals surface area contributed by atoms with Crippen molar-refractivity contribution < 1.29 is 54.9 Å². The third-order valence-electron chi connectivity index (χ3n) is 7.00. The van der Waals surface area contributed by atoms with Crippen molar-refractivity contribution in [2.24, 2.45) is 11.5 Å². The molecule has 0 fully saturated rings. The molecule has 4 atom stereocenters. The van der Waals surface area contributed by atoms with E-state index in [1.165, 1.54) is 22.7 Å². The molecule has 2 aromatic heterocycles. The first-order valence-electron chi connectivity index (χ1n) is 14.1. The number of carbonyl (C=O) groups is 2. The van der Waals surface area contributed by atoms with Gasteiger partial charge in [0, 0.05) is 22.6 Å². The lowest BCUT2D eigenvalue weighted by Crippen LogP contribution is -2.43. The van der Waals surface area contributed by atoms with Crippen LogP contribution in [0.25, 0.3) is 0 Å². The Labute approximate surface area is 279 Å². The van der Waals surface area contributed by atoms with Crippen LogP contribution in [0, 0.1) is 0 Å². The van der Waals surface area contributed by atoms with Crippen LogP contribution in [0.1, 0.15) is 47.6 Å².